The Morgan fingerprint density at radius 1 is 1.09 bits per heavy atom. The van der Waals surface area contributed by atoms with E-state index < -0.39 is 0 Å². The summed E-state index contributed by atoms with van der Waals surface area (Å²) in [7, 11) is 3.89. The highest BCUT2D eigenvalue weighted by Gasteiger charge is 2.10. The molecule has 0 fully saturated rings. The van der Waals surface area contributed by atoms with Gasteiger partial charge in [0, 0.05) is 23.4 Å². The van der Waals surface area contributed by atoms with Crippen molar-refractivity contribution in [3.05, 3.63) is 65.7 Å². The standard InChI is InChI=1S/C18H20N2OS/c1-20(2)13-12-19-18(21)16-10-6-7-11-17(16)22-14-15-8-4-3-5-9-15/h3-12H,13-14H2,1-2H3. The SMILES string of the molecule is CN(C)CC=NC(=O)c1ccccc1SCc1ccccc1. The molecule has 2 rings (SSSR count). The van der Waals surface area contributed by atoms with Crippen molar-refractivity contribution in [1.82, 2.24) is 4.90 Å². The molecular formula is C18H20N2OS. The average Bonchev–Trinajstić information content (AvgIpc) is 2.54. The van der Waals surface area contributed by atoms with Crippen molar-refractivity contribution in [3.63, 3.8) is 0 Å². The van der Waals surface area contributed by atoms with E-state index in [1.54, 1.807) is 18.0 Å². The number of nitrogens with zero attached hydrogens (tertiary/aromatic N) is 2. The van der Waals surface area contributed by atoms with Crippen LogP contribution in [0.2, 0.25) is 0 Å². The van der Waals surface area contributed by atoms with Gasteiger partial charge in [0.2, 0.25) is 0 Å². The molecule has 0 saturated carbocycles. The zero-order valence-electron chi connectivity index (χ0n) is 12.9. The van der Waals surface area contributed by atoms with Gasteiger partial charge in [0.1, 0.15) is 0 Å². The molecule has 2 aromatic rings. The summed E-state index contributed by atoms with van der Waals surface area (Å²) in [6.07, 6.45) is 1.65. The lowest BCUT2D eigenvalue weighted by molar-refractivity contribution is 0.100. The topological polar surface area (TPSA) is 32.7 Å². The zero-order valence-corrected chi connectivity index (χ0v) is 13.7. The number of amides is 1. The van der Waals surface area contributed by atoms with Crippen LogP contribution in [-0.2, 0) is 5.75 Å². The van der Waals surface area contributed by atoms with Crippen LogP contribution in [-0.4, -0.2) is 37.7 Å². The molecule has 0 bridgehead atoms. The van der Waals surface area contributed by atoms with Crippen LogP contribution in [0.1, 0.15) is 15.9 Å². The van der Waals surface area contributed by atoms with Crippen molar-refractivity contribution in [2.24, 2.45) is 4.99 Å². The molecule has 22 heavy (non-hydrogen) atoms. The first-order valence-corrected chi connectivity index (χ1v) is 8.12. The van der Waals surface area contributed by atoms with Crippen LogP contribution in [0.25, 0.3) is 0 Å². The second kappa shape index (κ2) is 8.51. The van der Waals surface area contributed by atoms with Gasteiger partial charge in [-0.15, -0.1) is 11.8 Å². The van der Waals surface area contributed by atoms with Gasteiger partial charge in [0.25, 0.3) is 5.91 Å². The van der Waals surface area contributed by atoms with Crippen molar-refractivity contribution in [1.29, 1.82) is 0 Å². The second-order valence-electron chi connectivity index (χ2n) is 5.15. The third-order valence-electron chi connectivity index (χ3n) is 3.01. The number of hydrogen-bond acceptors (Lipinski definition) is 3. The molecule has 2 aromatic carbocycles. The van der Waals surface area contributed by atoms with E-state index in [1.807, 2.05) is 61.5 Å². The smallest absolute Gasteiger partial charge is 0.277 e. The van der Waals surface area contributed by atoms with Gasteiger partial charge in [-0.05, 0) is 31.8 Å². The van der Waals surface area contributed by atoms with Crippen LogP contribution in [0.4, 0.5) is 0 Å². The number of benzene rings is 2. The number of carbonyl (C=O) groups is 1. The predicted octanol–water partition coefficient (Wildman–Crippen LogP) is 3.75. The molecule has 0 saturated heterocycles. The predicted molar refractivity (Wildman–Crippen MR) is 93.8 cm³/mol. The number of thioether (sulfide) groups is 1. The van der Waals surface area contributed by atoms with Crippen molar-refractivity contribution < 1.29 is 4.79 Å². The van der Waals surface area contributed by atoms with E-state index in [0.29, 0.717) is 12.1 Å². The van der Waals surface area contributed by atoms with Crippen LogP contribution in [0.5, 0.6) is 0 Å². The highest BCUT2D eigenvalue weighted by molar-refractivity contribution is 7.98. The molecule has 0 unspecified atom stereocenters. The normalized spacial score (nSPS) is 11.2. The minimum Gasteiger partial charge on any atom is -0.304 e. The van der Waals surface area contributed by atoms with Crippen LogP contribution >= 0.6 is 11.8 Å². The van der Waals surface area contributed by atoms with Crippen LogP contribution in [0.15, 0.2) is 64.5 Å². The van der Waals surface area contributed by atoms with Crippen LogP contribution in [0.3, 0.4) is 0 Å². The molecule has 0 spiro atoms. The highest BCUT2D eigenvalue weighted by atomic mass is 32.2. The first kappa shape index (κ1) is 16.5. The minimum atomic E-state index is -0.182. The van der Waals surface area contributed by atoms with Crippen molar-refractivity contribution in [2.45, 2.75) is 10.6 Å². The molecule has 0 N–H and O–H groups in total. The van der Waals surface area contributed by atoms with E-state index in [4.69, 9.17) is 0 Å². The van der Waals surface area contributed by atoms with Gasteiger partial charge in [-0.1, -0.05) is 42.5 Å². The van der Waals surface area contributed by atoms with Gasteiger partial charge in [0.15, 0.2) is 0 Å². The molecular weight excluding hydrogens is 292 g/mol. The Morgan fingerprint density at radius 2 is 1.77 bits per heavy atom. The summed E-state index contributed by atoms with van der Waals surface area (Å²) in [6, 6.07) is 17.9. The zero-order chi connectivity index (χ0) is 15.8. The number of aliphatic imine (C=N–C) groups is 1. The fraction of sp³-hybridized carbons (Fsp3) is 0.222. The molecule has 114 valence electrons. The fourth-order valence-corrected chi connectivity index (χ4v) is 2.86. The van der Waals surface area contributed by atoms with Crippen molar-refractivity contribution >= 4 is 23.9 Å². The molecule has 0 aromatic heterocycles. The Kier molecular flexibility index (Phi) is 6.37. The summed E-state index contributed by atoms with van der Waals surface area (Å²) < 4.78 is 0. The number of carbonyl (C=O) groups excluding carboxylic acids is 1. The summed E-state index contributed by atoms with van der Waals surface area (Å²) in [5, 5.41) is 0. The minimum absolute atomic E-state index is 0.182. The molecule has 1 amide bonds. The maximum absolute atomic E-state index is 12.2. The Labute approximate surface area is 136 Å². The first-order chi connectivity index (χ1) is 10.7. The van der Waals surface area contributed by atoms with E-state index in [1.165, 1.54) is 5.56 Å². The molecule has 0 heterocycles. The molecule has 0 aliphatic carbocycles. The lowest BCUT2D eigenvalue weighted by atomic mass is 10.2. The summed E-state index contributed by atoms with van der Waals surface area (Å²) in [4.78, 5) is 19.2. The van der Waals surface area contributed by atoms with E-state index in [9.17, 15) is 4.79 Å². The Bertz CT molecular complexity index is 639. The average molecular weight is 312 g/mol. The highest BCUT2D eigenvalue weighted by Crippen LogP contribution is 2.26. The van der Waals surface area contributed by atoms with Crippen LogP contribution < -0.4 is 0 Å². The quantitative estimate of drug-likeness (QED) is 0.601. The number of rotatable bonds is 6. The maximum atomic E-state index is 12.2. The molecule has 0 aliphatic rings. The third kappa shape index (κ3) is 5.13. The Hall–Kier alpha value is -1.91. The van der Waals surface area contributed by atoms with Gasteiger partial charge in [-0.25, -0.2) is 4.99 Å². The monoisotopic (exact) mass is 312 g/mol. The van der Waals surface area contributed by atoms with Gasteiger partial charge in [-0.2, -0.15) is 0 Å². The second-order valence-corrected chi connectivity index (χ2v) is 6.17. The molecule has 4 heteroatoms. The lowest BCUT2D eigenvalue weighted by Gasteiger charge is -2.07. The molecule has 0 aliphatic heterocycles. The molecule has 0 atom stereocenters. The summed E-state index contributed by atoms with van der Waals surface area (Å²) in [5.74, 6) is 0.657. The molecule has 3 nitrogen and oxygen atoms in total. The van der Waals surface area contributed by atoms with E-state index in [2.05, 4.69) is 17.1 Å². The van der Waals surface area contributed by atoms with Gasteiger partial charge in [0.05, 0.1) is 5.56 Å². The van der Waals surface area contributed by atoms with Gasteiger partial charge >= 0.3 is 0 Å². The van der Waals surface area contributed by atoms with Crippen LogP contribution in [0, 0.1) is 0 Å². The summed E-state index contributed by atoms with van der Waals surface area (Å²) in [5.41, 5.74) is 1.91. The van der Waals surface area contributed by atoms with Gasteiger partial charge < -0.3 is 4.90 Å². The lowest BCUT2D eigenvalue weighted by Crippen LogP contribution is -2.14. The van der Waals surface area contributed by atoms with Crippen molar-refractivity contribution in [2.75, 3.05) is 20.6 Å². The van der Waals surface area contributed by atoms with E-state index in [0.717, 1.165) is 10.6 Å². The largest absolute Gasteiger partial charge is 0.304 e. The summed E-state index contributed by atoms with van der Waals surface area (Å²) >= 11 is 1.66. The molecule has 0 radical (unpaired) electrons. The third-order valence-corrected chi connectivity index (χ3v) is 4.15. The maximum Gasteiger partial charge on any atom is 0.277 e. The van der Waals surface area contributed by atoms with Gasteiger partial charge in [-0.3, -0.25) is 4.79 Å². The van der Waals surface area contributed by atoms with E-state index >= 15 is 0 Å². The Morgan fingerprint density at radius 3 is 2.50 bits per heavy atom. The Balaban J connectivity index is 2.06. The fourth-order valence-electron chi connectivity index (χ4n) is 1.86. The number of hydrogen-bond donors (Lipinski definition) is 0. The first-order valence-electron chi connectivity index (χ1n) is 7.14. The van der Waals surface area contributed by atoms with Crippen molar-refractivity contribution in [3.8, 4) is 0 Å². The summed E-state index contributed by atoms with van der Waals surface area (Å²) in [6.45, 7) is 0.658. The van der Waals surface area contributed by atoms with E-state index in [-0.39, 0.29) is 5.91 Å².